The summed E-state index contributed by atoms with van der Waals surface area (Å²) in [5.74, 6) is -1.48. The van der Waals surface area contributed by atoms with Gasteiger partial charge < -0.3 is 20.5 Å². The predicted octanol–water partition coefficient (Wildman–Crippen LogP) is 3.31. The molecular weight excluding hydrogens is 444 g/mol. The van der Waals surface area contributed by atoms with E-state index in [9.17, 15) is 19.5 Å². The first-order valence-corrected chi connectivity index (χ1v) is 12.9. The highest BCUT2D eigenvalue weighted by atomic mass is 16.5. The summed E-state index contributed by atoms with van der Waals surface area (Å²) in [4.78, 5) is 38.9. The van der Waals surface area contributed by atoms with E-state index in [1.807, 2.05) is 56.3 Å². The van der Waals surface area contributed by atoms with Gasteiger partial charge in [0.15, 0.2) is 0 Å². The van der Waals surface area contributed by atoms with Gasteiger partial charge in [0.1, 0.15) is 6.61 Å². The molecule has 0 saturated heterocycles. The van der Waals surface area contributed by atoms with Gasteiger partial charge in [-0.1, -0.05) is 69.2 Å². The number of hydrogen-bond acceptors (Lipinski definition) is 5. The Balaban J connectivity index is 1.72. The first kappa shape index (κ1) is 26.9. The molecule has 1 saturated carbocycles. The van der Waals surface area contributed by atoms with Crippen LogP contribution >= 0.6 is 0 Å². The van der Waals surface area contributed by atoms with Crippen LogP contribution in [0, 0.1) is 17.8 Å². The lowest BCUT2D eigenvalue weighted by Gasteiger charge is -2.29. The number of nitrogens with one attached hydrogen (secondary N) is 2. The van der Waals surface area contributed by atoms with Gasteiger partial charge in [0.2, 0.25) is 11.8 Å². The lowest BCUT2D eigenvalue weighted by Crippen LogP contribution is -2.51. The van der Waals surface area contributed by atoms with E-state index in [1.165, 1.54) is 0 Å². The first-order chi connectivity index (χ1) is 16.8. The van der Waals surface area contributed by atoms with E-state index in [0.717, 1.165) is 31.2 Å². The fourth-order valence-corrected chi connectivity index (χ4v) is 4.90. The second-order valence-electron chi connectivity index (χ2n) is 10.4. The van der Waals surface area contributed by atoms with Crippen molar-refractivity contribution in [2.75, 3.05) is 13.2 Å². The van der Waals surface area contributed by atoms with Crippen LogP contribution in [0.1, 0.15) is 64.4 Å². The van der Waals surface area contributed by atoms with Gasteiger partial charge in [-0.25, -0.2) is 0 Å². The molecule has 2 aliphatic rings. The molecule has 0 spiro atoms. The molecular formula is C28H40N2O5. The maximum Gasteiger partial charge on any atom is 0.309 e. The normalized spacial score (nSPS) is 25.3. The molecule has 1 aromatic rings. The molecule has 192 valence electrons. The number of allylic oxidation sites excluding steroid dienone is 2. The lowest BCUT2D eigenvalue weighted by molar-refractivity contribution is -0.150. The molecule has 2 amide bonds. The van der Waals surface area contributed by atoms with Crippen molar-refractivity contribution in [3.63, 3.8) is 0 Å². The number of carbonyl (C=O) groups is 3. The minimum atomic E-state index is -0.561. The molecule has 3 unspecified atom stereocenters. The Labute approximate surface area is 208 Å². The van der Waals surface area contributed by atoms with Crippen LogP contribution in [0.2, 0.25) is 0 Å². The monoisotopic (exact) mass is 484 g/mol. The van der Waals surface area contributed by atoms with Crippen LogP contribution in [0.15, 0.2) is 42.5 Å². The van der Waals surface area contributed by atoms with Crippen molar-refractivity contribution in [3.05, 3.63) is 48.0 Å². The molecule has 35 heavy (non-hydrogen) atoms. The number of aliphatic hydroxyl groups excluding tert-OH is 1. The van der Waals surface area contributed by atoms with Crippen LogP contribution in [0.25, 0.3) is 0 Å². The third kappa shape index (κ3) is 7.92. The molecule has 0 aromatic heterocycles. The molecule has 1 heterocycles. The number of aliphatic hydroxyl groups is 1. The highest BCUT2D eigenvalue weighted by molar-refractivity contribution is 5.86. The third-order valence-electron chi connectivity index (χ3n) is 7.27. The molecule has 3 rings (SSSR count). The smallest absolute Gasteiger partial charge is 0.309 e. The topological polar surface area (TPSA) is 105 Å². The minimum absolute atomic E-state index is 0.0516. The number of ether oxygens (including phenoxy) is 1. The number of cyclic esters (lactones) is 1. The average molecular weight is 485 g/mol. The van der Waals surface area contributed by atoms with Gasteiger partial charge in [0.25, 0.3) is 0 Å². The summed E-state index contributed by atoms with van der Waals surface area (Å²) < 4.78 is 5.66. The van der Waals surface area contributed by atoms with Crippen LogP contribution in [0.4, 0.5) is 0 Å². The molecule has 1 aromatic carbocycles. The number of benzene rings is 1. The number of hydrogen-bond donors (Lipinski definition) is 3. The maximum absolute atomic E-state index is 13.1. The van der Waals surface area contributed by atoms with Crippen molar-refractivity contribution in [1.29, 1.82) is 0 Å². The standard InChI is InChI=1S/C28H40N2O5/c1-20(2)24-18-35-27(34)23(16-21-10-4-3-5-11-21)13-7-6-12-22(26(33)29-24)17-25(32)30-28(19-31)14-8-9-15-28/h3-7,10-11,20,22-24,31H,8-9,12-19H2,1-2H3,(H,29,33)(H,30,32). The zero-order valence-corrected chi connectivity index (χ0v) is 21.0. The molecule has 7 heteroatoms. The Morgan fingerprint density at radius 3 is 2.40 bits per heavy atom. The number of amides is 2. The Morgan fingerprint density at radius 1 is 1.11 bits per heavy atom. The van der Waals surface area contributed by atoms with E-state index in [4.69, 9.17) is 4.74 Å². The van der Waals surface area contributed by atoms with Crippen molar-refractivity contribution >= 4 is 17.8 Å². The Morgan fingerprint density at radius 2 is 1.77 bits per heavy atom. The average Bonchev–Trinajstić information content (AvgIpc) is 3.31. The van der Waals surface area contributed by atoms with Gasteiger partial charge in [-0.3, -0.25) is 14.4 Å². The molecule has 0 radical (unpaired) electrons. The van der Waals surface area contributed by atoms with Gasteiger partial charge in [0, 0.05) is 6.42 Å². The molecule has 0 bridgehead atoms. The van der Waals surface area contributed by atoms with Crippen molar-refractivity contribution < 1.29 is 24.2 Å². The maximum atomic E-state index is 13.1. The quantitative estimate of drug-likeness (QED) is 0.407. The van der Waals surface area contributed by atoms with E-state index >= 15 is 0 Å². The van der Waals surface area contributed by atoms with E-state index in [0.29, 0.717) is 19.3 Å². The zero-order valence-electron chi connectivity index (χ0n) is 21.0. The molecule has 3 N–H and O–H groups in total. The van der Waals surface area contributed by atoms with Crippen molar-refractivity contribution in [1.82, 2.24) is 10.6 Å². The third-order valence-corrected chi connectivity index (χ3v) is 7.27. The summed E-state index contributed by atoms with van der Waals surface area (Å²) in [6, 6.07) is 9.53. The largest absolute Gasteiger partial charge is 0.463 e. The van der Waals surface area contributed by atoms with Gasteiger partial charge in [-0.15, -0.1) is 0 Å². The number of esters is 1. The minimum Gasteiger partial charge on any atom is -0.463 e. The predicted molar refractivity (Wildman–Crippen MR) is 134 cm³/mol. The summed E-state index contributed by atoms with van der Waals surface area (Å²) in [5, 5.41) is 15.9. The summed E-state index contributed by atoms with van der Waals surface area (Å²) >= 11 is 0. The summed E-state index contributed by atoms with van der Waals surface area (Å²) in [6.07, 6.45) is 8.84. The Kier molecular flexibility index (Phi) is 9.90. The summed E-state index contributed by atoms with van der Waals surface area (Å²) in [5.41, 5.74) is 0.511. The Hall–Kier alpha value is -2.67. The van der Waals surface area contributed by atoms with Crippen LogP contribution in [-0.2, 0) is 25.5 Å². The van der Waals surface area contributed by atoms with E-state index in [1.54, 1.807) is 0 Å². The second kappa shape index (κ2) is 12.9. The molecule has 1 aliphatic heterocycles. The van der Waals surface area contributed by atoms with E-state index < -0.39 is 11.5 Å². The Bertz CT molecular complexity index is 877. The van der Waals surface area contributed by atoms with Gasteiger partial charge in [0.05, 0.1) is 30.0 Å². The van der Waals surface area contributed by atoms with Gasteiger partial charge in [-0.05, 0) is 43.6 Å². The summed E-state index contributed by atoms with van der Waals surface area (Å²) in [6.45, 7) is 3.96. The number of rotatable bonds is 7. The van der Waals surface area contributed by atoms with Crippen LogP contribution in [0.3, 0.4) is 0 Å². The zero-order chi connectivity index (χ0) is 25.3. The molecule has 1 fully saturated rings. The van der Waals surface area contributed by atoms with Crippen molar-refractivity contribution in [2.45, 2.75) is 76.8 Å². The van der Waals surface area contributed by atoms with E-state index in [2.05, 4.69) is 10.6 Å². The SMILES string of the molecule is CC(C)C1COC(=O)C(Cc2ccccc2)CC=CCC(CC(=O)NC2(CO)CCCC2)C(=O)N1. The fraction of sp³-hybridized carbons (Fsp3) is 0.607. The molecule has 1 aliphatic carbocycles. The molecule has 3 atom stereocenters. The highest BCUT2D eigenvalue weighted by Gasteiger charge is 2.36. The fourth-order valence-electron chi connectivity index (χ4n) is 4.90. The van der Waals surface area contributed by atoms with Crippen LogP contribution in [-0.4, -0.2) is 47.7 Å². The van der Waals surface area contributed by atoms with Gasteiger partial charge in [-0.2, -0.15) is 0 Å². The second-order valence-corrected chi connectivity index (χ2v) is 10.4. The van der Waals surface area contributed by atoms with Crippen molar-refractivity contribution in [3.8, 4) is 0 Å². The van der Waals surface area contributed by atoms with Crippen LogP contribution in [0.5, 0.6) is 0 Å². The molecule has 7 nitrogen and oxygen atoms in total. The first-order valence-electron chi connectivity index (χ1n) is 12.9. The van der Waals surface area contributed by atoms with E-state index in [-0.39, 0.29) is 55.3 Å². The van der Waals surface area contributed by atoms with Crippen LogP contribution < -0.4 is 10.6 Å². The highest BCUT2D eigenvalue weighted by Crippen LogP contribution is 2.29. The summed E-state index contributed by atoms with van der Waals surface area (Å²) in [7, 11) is 0. The lowest BCUT2D eigenvalue weighted by atomic mass is 9.93. The van der Waals surface area contributed by atoms with Crippen molar-refractivity contribution in [2.24, 2.45) is 17.8 Å². The number of carbonyl (C=O) groups excluding carboxylic acids is 3. The van der Waals surface area contributed by atoms with Gasteiger partial charge >= 0.3 is 5.97 Å².